The van der Waals surface area contributed by atoms with E-state index in [9.17, 15) is 27.6 Å². The largest absolute Gasteiger partial charge is 0.444 e. The van der Waals surface area contributed by atoms with Gasteiger partial charge in [0, 0.05) is 25.4 Å². The number of ether oxygens (including phenoxy) is 1. The normalized spacial score (nSPS) is 24.4. The van der Waals surface area contributed by atoms with E-state index < -0.39 is 35.7 Å². The van der Waals surface area contributed by atoms with Crippen molar-refractivity contribution in [3.8, 4) is 0 Å². The summed E-state index contributed by atoms with van der Waals surface area (Å²) < 4.78 is 42.6. The maximum absolute atomic E-state index is 12.8. The summed E-state index contributed by atoms with van der Waals surface area (Å²) in [5, 5.41) is 2.81. The van der Waals surface area contributed by atoms with Crippen molar-refractivity contribution in [2.45, 2.75) is 89.5 Å². The van der Waals surface area contributed by atoms with Crippen LogP contribution in [0, 0.1) is 11.8 Å². The number of likely N-dealkylation sites (tertiary alicyclic amines) is 1. The van der Waals surface area contributed by atoms with Crippen LogP contribution in [0.1, 0.15) is 72.1 Å². The summed E-state index contributed by atoms with van der Waals surface area (Å²) >= 11 is 0. The molecule has 0 aromatic carbocycles. The number of halogens is 3. The molecule has 1 saturated heterocycles. The van der Waals surface area contributed by atoms with Gasteiger partial charge in [0.05, 0.1) is 0 Å². The number of primary amides is 1. The molecule has 178 valence electrons. The number of nitrogens with two attached hydrogens (primary N) is 1. The molecule has 2 rings (SSSR count). The first-order valence-corrected chi connectivity index (χ1v) is 10.9. The molecule has 7 nitrogen and oxygen atoms in total. The third kappa shape index (κ3) is 7.57. The number of nitrogens with zero attached hydrogens (tertiary/aromatic N) is 1. The Bertz CT molecular complexity index is 660. The Kier molecular flexibility index (Phi) is 7.86. The zero-order valence-electron chi connectivity index (χ0n) is 18.5. The summed E-state index contributed by atoms with van der Waals surface area (Å²) in [5.74, 6) is -1.32. The molecule has 0 bridgehead atoms. The number of amides is 3. The molecule has 0 atom stereocenters. The Morgan fingerprint density at radius 3 is 2.06 bits per heavy atom. The number of alkyl halides is 3. The second-order valence-electron chi connectivity index (χ2n) is 9.77. The molecule has 1 aliphatic heterocycles. The lowest BCUT2D eigenvalue weighted by molar-refractivity contribution is -0.139. The van der Waals surface area contributed by atoms with E-state index in [0.29, 0.717) is 25.7 Å². The molecular formula is C21H34F3N3O4. The van der Waals surface area contributed by atoms with Crippen molar-refractivity contribution in [2.75, 3.05) is 13.1 Å². The van der Waals surface area contributed by atoms with Crippen molar-refractivity contribution < 1.29 is 32.3 Å². The van der Waals surface area contributed by atoms with Crippen LogP contribution in [0.5, 0.6) is 0 Å². The maximum atomic E-state index is 12.8. The molecular weight excluding hydrogens is 415 g/mol. The van der Waals surface area contributed by atoms with E-state index in [0.717, 1.165) is 0 Å². The van der Waals surface area contributed by atoms with E-state index in [2.05, 4.69) is 5.32 Å². The van der Waals surface area contributed by atoms with Crippen LogP contribution < -0.4 is 11.1 Å². The smallest absolute Gasteiger partial charge is 0.410 e. The van der Waals surface area contributed by atoms with Gasteiger partial charge in [0.2, 0.25) is 11.8 Å². The van der Waals surface area contributed by atoms with Gasteiger partial charge in [0.15, 0.2) is 0 Å². The molecule has 2 fully saturated rings. The number of nitrogens with one attached hydrogen (secondary N) is 1. The van der Waals surface area contributed by atoms with Crippen molar-refractivity contribution in [2.24, 2.45) is 17.6 Å². The first kappa shape index (κ1) is 25.3. The monoisotopic (exact) mass is 449 g/mol. The minimum atomic E-state index is -4.16. The van der Waals surface area contributed by atoms with Crippen LogP contribution in [0.4, 0.5) is 18.0 Å². The van der Waals surface area contributed by atoms with Crippen LogP contribution >= 0.6 is 0 Å². The molecule has 1 aliphatic carbocycles. The minimum Gasteiger partial charge on any atom is -0.444 e. The van der Waals surface area contributed by atoms with Gasteiger partial charge in [-0.05, 0) is 71.6 Å². The minimum absolute atomic E-state index is 0.0344. The summed E-state index contributed by atoms with van der Waals surface area (Å²) in [6.07, 6.45) is -2.86. The highest BCUT2D eigenvalue weighted by molar-refractivity contribution is 5.91. The zero-order chi connectivity index (χ0) is 23.4. The molecule has 0 aromatic heterocycles. The van der Waals surface area contributed by atoms with Crippen LogP contribution in [-0.2, 0) is 14.3 Å². The number of hydrogen-bond acceptors (Lipinski definition) is 4. The van der Waals surface area contributed by atoms with Crippen molar-refractivity contribution >= 4 is 17.9 Å². The lowest BCUT2D eigenvalue weighted by atomic mass is 9.78. The molecule has 31 heavy (non-hydrogen) atoms. The molecule has 0 spiro atoms. The van der Waals surface area contributed by atoms with E-state index in [1.165, 1.54) is 4.90 Å². The maximum Gasteiger partial charge on any atom is 0.410 e. The fourth-order valence-corrected chi connectivity index (χ4v) is 4.25. The summed E-state index contributed by atoms with van der Waals surface area (Å²) in [6, 6.07) is 0. The van der Waals surface area contributed by atoms with E-state index in [-0.39, 0.29) is 50.1 Å². The molecule has 0 aromatic rings. The van der Waals surface area contributed by atoms with Crippen LogP contribution in [-0.4, -0.2) is 53.2 Å². The Morgan fingerprint density at radius 1 is 1.06 bits per heavy atom. The molecule has 1 heterocycles. The fourth-order valence-electron chi connectivity index (χ4n) is 4.25. The van der Waals surface area contributed by atoms with E-state index in [1.54, 1.807) is 20.8 Å². The summed E-state index contributed by atoms with van der Waals surface area (Å²) in [7, 11) is 0. The fraction of sp³-hybridized carbons (Fsp3) is 0.857. The van der Waals surface area contributed by atoms with Gasteiger partial charge in [-0.15, -0.1) is 0 Å². The predicted molar refractivity (Wildman–Crippen MR) is 108 cm³/mol. The number of carbonyl (C=O) groups excluding carboxylic acids is 3. The third-order valence-corrected chi connectivity index (χ3v) is 6.16. The average molecular weight is 450 g/mol. The molecule has 2 aliphatic rings. The lowest BCUT2D eigenvalue weighted by Crippen LogP contribution is -2.63. The van der Waals surface area contributed by atoms with E-state index >= 15 is 0 Å². The van der Waals surface area contributed by atoms with Gasteiger partial charge < -0.3 is 20.7 Å². The Hall–Kier alpha value is -2.00. The average Bonchev–Trinajstić information content (AvgIpc) is 2.65. The predicted octanol–water partition coefficient (Wildman–Crippen LogP) is 3.51. The van der Waals surface area contributed by atoms with Crippen molar-refractivity contribution in [1.29, 1.82) is 0 Å². The molecule has 3 amide bonds. The first-order chi connectivity index (χ1) is 14.2. The van der Waals surface area contributed by atoms with Crippen LogP contribution in [0.2, 0.25) is 0 Å². The second-order valence-corrected chi connectivity index (χ2v) is 9.77. The van der Waals surface area contributed by atoms with Crippen LogP contribution in [0.15, 0.2) is 0 Å². The summed E-state index contributed by atoms with van der Waals surface area (Å²) in [6.45, 7) is 5.74. The Morgan fingerprint density at radius 2 is 1.61 bits per heavy atom. The SMILES string of the molecule is CC(C)(C)OC(=O)N1CCC(NC(=O)C2CCC(CCC(F)(F)F)CC2)(C(N)=O)CC1. The summed E-state index contributed by atoms with van der Waals surface area (Å²) in [5.41, 5.74) is 3.74. The number of piperidine rings is 1. The lowest BCUT2D eigenvalue weighted by Gasteiger charge is -2.41. The molecule has 0 radical (unpaired) electrons. The molecule has 1 saturated carbocycles. The highest BCUT2D eigenvalue weighted by atomic mass is 19.4. The number of rotatable bonds is 5. The number of hydrogen-bond donors (Lipinski definition) is 2. The van der Waals surface area contributed by atoms with Gasteiger partial charge in [0.1, 0.15) is 11.1 Å². The third-order valence-electron chi connectivity index (χ3n) is 6.16. The van der Waals surface area contributed by atoms with Crippen molar-refractivity contribution in [3.05, 3.63) is 0 Å². The van der Waals surface area contributed by atoms with Crippen LogP contribution in [0.3, 0.4) is 0 Å². The standard InChI is InChI=1S/C21H34F3N3O4/c1-19(2,3)31-18(30)27-12-10-20(11-13-27,17(25)29)26-16(28)15-6-4-14(5-7-15)8-9-21(22,23)24/h14-15H,4-13H2,1-3H3,(H2,25,29)(H,26,28). The highest BCUT2D eigenvalue weighted by Gasteiger charge is 2.44. The molecule has 3 N–H and O–H groups in total. The quantitative estimate of drug-likeness (QED) is 0.671. The van der Waals surface area contributed by atoms with E-state index in [1.807, 2.05) is 0 Å². The Balaban J connectivity index is 1.88. The van der Waals surface area contributed by atoms with Gasteiger partial charge in [-0.25, -0.2) is 4.79 Å². The van der Waals surface area contributed by atoms with Crippen molar-refractivity contribution in [3.63, 3.8) is 0 Å². The van der Waals surface area contributed by atoms with Crippen molar-refractivity contribution in [1.82, 2.24) is 10.2 Å². The van der Waals surface area contributed by atoms with Gasteiger partial charge in [-0.1, -0.05) is 0 Å². The topological polar surface area (TPSA) is 102 Å². The Labute approximate surface area is 181 Å². The molecule has 0 unspecified atom stereocenters. The molecule has 10 heteroatoms. The zero-order valence-corrected chi connectivity index (χ0v) is 18.5. The second kappa shape index (κ2) is 9.65. The van der Waals surface area contributed by atoms with Gasteiger partial charge in [0.25, 0.3) is 0 Å². The van der Waals surface area contributed by atoms with Gasteiger partial charge in [-0.3, -0.25) is 9.59 Å². The highest BCUT2D eigenvalue weighted by Crippen LogP contribution is 2.35. The van der Waals surface area contributed by atoms with Crippen LogP contribution in [0.25, 0.3) is 0 Å². The summed E-state index contributed by atoms with van der Waals surface area (Å²) in [4.78, 5) is 38.7. The number of carbonyl (C=O) groups is 3. The first-order valence-electron chi connectivity index (χ1n) is 10.9. The van der Waals surface area contributed by atoms with Gasteiger partial charge in [-0.2, -0.15) is 13.2 Å². The van der Waals surface area contributed by atoms with Gasteiger partial charge >= 0.3 is 12.3 Å². The van der Waals surface area contributed by atoms with E-state index in [4.69, 9.17) is 10.5 Å².